The van der Waals surface area contributed by atoms with Gasteiger partial charge < -0.3 is 5.32 Å². The summed E-state index contributed by atoms with van der Waals surface area (Å²) in [6, 6.07) is 6.44. The van der Waals surface area contributed by atoms with Crippen molar-refractivity contribution < 1.29 is 4.92 Å². The molecule has 1 aromatic carbocycles. The number of rotatable bonds is 4. The molecule has 0 aliphatic heterocycles. The number of hydrogen-bond donors (Lipinski definition) is 1. The van der Waals surface area contributed by atoms with Gasteiger partial charge in [0, 0.05) is 12.6 Å². The summed E-state index contributed by atoms with van der Waals surface area (Å²) in [7, 11) is 0. The molecule has 1 aromatic rings. The Morgan fingerprint density at radius 3 is 2.70 bits per heavy atom. The molecule has 5 nitrogen and oxygen atoms in total. The second-order valence-corrected chi connectivity index (χ2v) is 5.61. The lowest BCUT2D eigenvalue weighted by molar-refractivity contribution is -0.384. The van der Waals surface area contributed by atoms with Crippen molar-refractivity contribution in [1.82, 2.24) is 0 Å². The van der Waals surface area contributed by atoms with E-state index >= 15 is 0 Å². The highest BCUT2D eigenvalue weighted by atomic mass is 16.6. The van der Waals surface area contributed by atoms with E-state index in [2.05, 4.69) is 12.2 Å². The first kappa shape index (κ1) is 14.3. The van der Waals surface area contributed by atoms with Gasteiger partial charge in [0.05, 0.1) is 16.6 Å². The molecule has 1 aliphatic rings. The zero-order chi connectivity index (χ0) is 14.5. The quantitative estimate of drug-likeness (QED) is 0.670. The fraction of sp³-hybridized carbons (Fsp3) is 0.533. The Balaban J connectivity index is 2.04. The van der Waals surface area contributed by atoms with Crippen LogP contribution in [-0.2, 0) is 0 Å². The van der Waals surface area contributed by atoms with Crippen molar-refractivity contribution in [3.63, 3.8) is 0 Å². The number of nitrogens with zero attached hydrogens (tertiary/aromatic N) is 2. The molecule has 2 rings (SSSR count). The summed E-state index contributed by atoms with van der Waals surface area (Å²) in [4.78, 5) is 10.6. The van der Waals surface area contributed by atoms with E-state index in [1.165, 1.54) is 37.8 Å². The van der Waals surface area contributed by atoms with E-state index in [0.29, 0.717) is 17.2 Å². The van der Waals surface area contributed by atoms with E-state index in [1.807, 2.05) is 6.07 Å². The van der Waals surface area contributed by atoms with Crippen LogP contribution in [0.2, 0.25) is 0 Å². The van der Waals surface area contributed by atoms with Crippen LogP contribution in [0.3, 0.4) is 0 Å². The summed E-state index contributed by atoms with van der Waals surface area (Å²) in [6.07, 6.45) is 4.79. The second-order valence-electron chi connectivity index (χ2n) is 5.61. The lowest BCUT2D eigenvalue weighted by Gasteiger charge is -2.26. The molecule has 0 radical (unpaired) electrons. The number of hydrogen-bond acceptors (Lipinski definition) is 4. The highest BCUT2D eigenvalue weighted by Crippen LogP contribution is 2.30. The molecule has 1 fully saturated rings. The van der Waals surface area contributed by atoms with Gasteiger partial charge in [-0.3, -0.25) is 10.1 Å². The molecule has 0 atom stereocenters. The first-order valence-electron chi connectivity index (χ1n) is 7.02. The van der Waals surface area contributed by atoms with Gasteiger partial charge in [-0.05, 0) is 36.8 Å². The third kappa shape index (κ3) is 3.47. The third-order valence-electron chi connectivity index (χ3n) is 4.04. The largest absolute Gasteiger partial charge is 0.379 e. The maximum atomic E-state index is 11.0. The summed E-state index contributed by atoms with van der Waals surface area (Å²) in [5, 5.41) is 23.0. The normalized spacial score (nSPS) is 22.0. The fourth-order valence-electron chi connectivity index (χ4n) is 2.69. The van der Waals surface area contributed by atoms with Crippen molar-refractivity contribution in [3.8, 4) is 6.07 Å². The average molecular weight is 273 g/mol. The number of nitrogens with one attached hydrogen (secondary N) is 1. The lowest BCUT2D eigenvalue weighted by atomic mass is 9.83. The van der Waals surface area contributed by atoms with Gasteiger partial charge in [-0.2, -0.15) is 5.26 Å². The van der Waals surface area contributed by atoms with Crippen LogP contribution in [0.5, 0.6) is 0 Å². The van der Waals surface area contributed by atoms with Gasteiger partial charge in [-0.1, -0.05) is 19.8 Å². The van der Waals surface area contributed by atoms with Gasteiger partial charge in [0.15, 0.2) is 0 Å². The van der Waals surface area contributed by atoms with Gasteiger partial charge in [0.1, 0.15) is 5.69 Å². The summed E-state index contributed by atoms with van der Waals surface area (Å²) < 4.78 is 0. The first-order valence-corrected chi connectivity index (χ1v) is 7.02. The van der Waals surface area contributed by atoms with Gasteiger partial charge in [0.25, 0.3) is 5.69 Å². The molecule has 0 unspecified atom stereocenters. The molecule has 20 heavy (non-hydrogen) atoms. The van der Waals surface area contributed by atoms with E-state index < -0.39 is 4.92 Å². The number of nitro benzene ring substituents is 1. The standard InChI is InChI=1S/C15H19N3O2/c1-11-2-4-12(5-3-11)10-17-14-8-13(9-16)6-7-15(14)18(19)20/h6-8,11-12,17H,2-5,10H2,1H3. The summed E-state index contributed by atoms with van der Waals surface area (Å²) in [6.45, 7) is 3.01. The number of nitriles is 1. The summed E-state index contributed by atoms with van der Waals surface area (Å²) in [5.41, 5.74) is 0.927. The third-order valence-corrected chi connectivity index (χ3v) is 4.04. The molecule has 1 N–H and O–H groups in total. The highest BCUT2D eigenvalue weighted by molar-refractivity contribution is 5.64. The zero-order valence-corrected chi connectivity index (χ0v) is 11.6. The summed E-state index contributed by atoms with van der Waals surface area (Å²) >= 11 is 0. The molecule has 5 heteroatoms. The molecule has 0 aromatic heterocycles. The predicted molar refractivity (Wildman–Crippen MR) is 77.4 cm³/mol. The lowest BCUT2D eigenvalue weighted by Crippen LogP contribution is -2.20. The zero-order valence-electron chi connectivity index (χ0n) is 11.6. The molecule has 0 amide bonds. The molecule has 0 spiro atoms. The average Bonchev–Trinajstić information content (AvgIpc) is 2.46. The smallest absolute Gasteiger partial charge is 0.292 e. The molecule has 0 heterocycles. The molecule has 0 saturated heterocycles. The Labute approximate surface area is 118 Å². The maximum Gasteiger partial charge on any atom is 0.292 e. The van der Waals surface area contributed by atoms with Crippen LogP contribution >= 0.6 is 0 Å². The minimum Gasteiger partial charge on any atom is -0.379 e. The molecular weight excluding hydrogens is 254 g/mol. The Morgan fingerprint density at radius 2 is 2.10 bits per heavy atom. The summed E-state index contributed by atoms with van der Waals surface area (Å²) in [5.74, 6) is 1.36. The van der Waals surface area contributed by atoms with Crippen LogP contribution in [0, 0.1) is 33.3 Å². The van der Waals surface area contributed by atoms with Gasteiger partial charge in [0.2, 0.25) is 0 Å². The second kappa shape index (κ2) is 6.38. The Hall–Kier alpha value is -2.09. The van der Waals surface area contributed by atoms with Crippen LogP contribution in [0.4, 0.5) is 11.4 Å². The highest BCUT2D eigenvalue weighted by Gasteiger charge is 2.20. The van der Waals surface area contributed by atoms with Gasteiger partial charge >= 0.3 is 0 Å². The Bertz CT molecular complexity index is 528. The number of nitro groups is 1. The predicted octanol–water partition coefficient (Wildman–Crippen LogP) is 3.70. The molecular formula is C15H19N3O2. The Kier molecular flexibility index (Phi) is 4.57. The monoisotopic (exact) mass is 273 g/mol. The van der Waals surface area contributed by atoms with Crippen molar-refractivity contribution in [2.24, 2.45) is 11.8 Å². The van der Waals surface area contributed by atoms with Crippen molar-refractivity contribution in [1.29, 1.82) is 5.26 Å². The van der Waals surface area contributed by atoms with E-state index in [4.69, 9.17) is 5.26 Å². The molecule has 106 valence electrons. The van der Waals surface area contributed by atoms with Crippen molar-refractivity contribution in [2.75, 3.05) is 11.9 Å². The van der Waals surface area contributed by atoms with E-state index in [-0.39, 0.29) is 5.69 Å². The van der Waals surface area contributed by atoms with Crippen LogP contribution in [0.25, 0.3) is 0 Å². The van der Waals surface area contributed by atoms with Crippen LogP contribution in [0.15, 0.2) is 18.2 Å². The van der Waals surface area contributed by atoms with Crippen LogP contribution in [0.1, 0.15) is 38.2 Å². The molecule has 1 saturated carbocycles. The van der Waals surface area contributed by atoms with E-state index in [1.54, 1.807) is 6.07 Å². The first-order chi connectivity index (χ1) is 9.60. The minimum atomic E-state index is -0.410. The minimum absolute atomic E-state index is 0.0353. The van der Waals surface area contributed by atoms with E-state index in [9.17, 15) is 10.1 Å². The maximum absolute atomic E-state index is 11.0. The topological polar surface area (TPSA) is 79.0 Å². The van der Waals surface area contributed by atoms with Gasteiger partial charge in [-0.15, -0.1) is 0 Å². The van der Waals surface area contributed by atoms with Crippen LogP contribution in [-0.4, -0.2) is 11.5 Å². The van der Waals surface area contributed by atoms with Crippen LogP contribution < -0.4 is 5.32 Å². The van der Waals surface area contributed by atoms with Crippen molar-refractivity contribution >= 4 is 11.4 Å². The van der Waals surface area contributed by atoms with Gasteiger partial charge in [-0.25, -0.2) is 0 Å². The number of benzene rings is 1. The number of anilines is 1. The van der Waals surface area contributed by atoms with E-state index in [0.717, 1.165) is 12.5 Å². The fourth-order valence-corrected chi connectivity index (χ4v) is 2.69. The van der Waals surface area contributed by atoms with Crippen molar-refractivity contribution in [3.05, 3.63) is 33.9 Å². The molecule has 1 aliphatic carbocycles. The Morgan fingerprint density at radius 1 is 1.40 bits per heavy atom. The van der Waals surface area contributed by atoms with Crippen molar-refractivity contribution in [2.45, 2.75) is 32.6 Å². The molecule has 0 bridgehead atoms. The SMILES string of the molecule is CC1CCC(CNc2cc(C#N)ccc2[N+](=O)[O-])CC1.